The molecule has 0 saturated heterocycles. The lowest BCUT2D eigenvalue weighted by atomic mass is 10.0. The van der Waals surface area contributed by atoms with E-state index in [1.54, 1.807) is 41.3 Å². The van der Waals surface area contributed by atoms with Gasteiger partial charge in [0.15, 0.2) is 23.0 Å². The summed E-state index contributed by atoms with van der Waals surface area (Å²) in [7, 11) is 0. The number of benzene rings is 3. The second-order valence-corrected chi connectivity index (χ2v) is 7.08. The first-order valence-electron chi connectivity index (χ1n) is 8.83. The summed E-state index contributed by atoms with van der Waals surface area (Å²) in [5.74, 6) is 0.138. The van der Waals surface area contributed by atoms with E-state index >= 15 is 0 Å². The number of hydrogen-bond donors (Lipinski definition) is 3. The van der Waals surface area contributed by atoms with Crippen molar-refractivity contribution in [2.45, 2.75) is 6.17 Å². The predicted molar refractivity (Wildman–Crippen MR) is 107 cm³/mol. The predicted octanol–water partition coefficient (Wildman–Crippen LogP) is 4.25. The highest BCUT2D eigenvalue weighted by atomic mass is 35.5. The number of fused-ring (bicyclic) bond motifs is 2. The van der Waals surface area contributed by atoms with Gasteiger partial charge in [-0.1, -0.05) is 23.7 Å². The van der Waals surface area contributed by atoms with Crippen LogP contribution in [0, 0.1) is 0 Å². The molecule has 0 aliphatic carbocycles. The highest BCUT2D eigenvalue weighted by Gasteiger charge is 2.35. The number of ether oxygens (including phenoxy) is 2. The minimum absolute atomic E-state index is 0.0151. The number of aromatic hydroxyl groups is 2. The summed E-state index contributed by atoms with van der Waals surface area (Å²) in [6, 6.07) is 15.3. The zero-order chi connectivity index (χ0) is 20.1. The summed E-state index contributed by atoms with van der Waals surface area (Å²) in [4.78, 5) is 15.0. The number of phenols is 2. The topological polar surface area (TPSA) is 91.3 Å². The third kappa shape index (κ3) is 2.78. The van der Waals surface area contributed by atoms with Gasteiger partial charge >= 0.3 is 0 Å². The number of rotatable bonds is 2. The maximum atomic E-state index is 13.4. The molecule has 3 aromatic carbocycles. The lowest BCUT2D eigenvalue weighted by Crippen LogP contribution is -2.43. The molecule has 2 aliphatic heterocycles. The largest absolute Gasteiger partial charge is 0.504 e. The van der Waals surface area contributed by atoms with E-state index in [9.17, 15) is 15.0 Å². The van der Waals surface area contributed by atoms with E-state index in [-0.39, 0.29) is 23.5 Å². The van der Waals surface area contributed by atoms with Crippen molar-refractivity contribution in [3.05, 3.63) is 70.7 Å². The minimum Gasteiger partial charge on any atom is -0.504 e. The van der Waals surface area contributed by atoms with Crippen molar-refractivity contribution < 1.29 is 24.5 Å². The molecule has 5 rings (SSSR count). The Labute approximate surface area is 170 Å². The molecular formula is C21H15ClN2O5. The summed E-state index contributed by atoms with van der Waals surface area (Å²) < 4.78 is 10.8. The second kappa shape index (κ2) is 6.49. The molecule has 0 unspecified atom stereocenters. The Balaban J connectivity index is 1.67. The Hall–Kier alpha value is -3.58. The zero-order valence-electron chi connectivity index (χ0n) is 14.9. The van der Waals surface area contributed by atoms with Crippen LogP contribution in [0.5, 0.6) is 23.0 Å². The first kappa shape index (κ1) is 17.5. The molecule has 2 heterocycles. The summed E-state index contributed by atoms with van der Waals surface area (Å²) in [5.41, 5.74) is 2.25. The number of para-hydroxylation sites is 1. The Morgan fingerprint density at radius 1 is 1.03 bits per heavy atom. The summed E-state index contributed by atoms with van der Waals surface area (Å²) in [6.45, 7) is 0.124. The van der Waals surface area contributed by atoms with Crippen molar-refractivity contribution >= 4 is 28.9 Å². The maximum absolute atomic E-state index is 13.4. The summed E-state index contributed by atoms with van der Waals surface area (Å²) in [6.07, 6.45) is -0.679. The van der Waals surface area contributed by atoms with Crippen LogP contribution in [-0.4, -0.2) is 22.9 Å². The minimum atomic E-state index is -0.679. The first-order chi connectivity index (χ1) is 14.0. The van der Waals surface area contributed by atoms with Crippen molar-refractivity contribution in [3.63, 3.8) is 0 Å². The lowest BCUT2D eigenvalue weighted by Gasteiger charge is -2.38. The van der Waals surface area contributed by atoms with Gasteiger partial charge in [0.2, 0.25) is 6.79 Å². The molecule has 0 spiro atoms. The lowest BCUT2D eigenvalue weighted by molar-refractivity contribution is 0.0975. The van der Waals surface area contributed by atoms with Crippen LogP contribution in [0.25, 0.3) is 0 Å². The molecule has 0 radical (unpaired) electrons. The third-order valence-electron chi connectivity index (χ3n) is 4.94. The number of anilines is 2. The second-order valence-electron chi connectivity index (χ2n) is 6.68. The third-order valence-corrected chi connectivity index (χ3v) is 5.23. The number of hydrogen-bond acceptors (Lipinski definition) is 6. The van der Waals surface area contributed by atoms with Crippen LogP contribution in [0.15, 0.2) is 54.6 Å². The Morgan fingerprint density at radius 2 is 1.83 bits per heavy atom. The Morgan fingerprint density at radius 3 is 2.66 bits per heavy atom. The molecule has 0 bridgehead atoms. The van der Waals surface area contributed by atoms with Gasteiger partial charge in [0.25, 0.3) is 5.91 Å². The van der Waals surface area contributed by atoms with E-state index in [1.165, 1.54) is 12.1 Å². The van der Waals surface area contributed by atoms with Gasteiger partial charge in [-0.2, -0.15) is 0 Å². The van der Waals surface area contributed by atoms with Crippen LogP contribution < -0.4 is 19.7 Å². The van der Waals surface area contributed by atoms with Crippen LogP contribution in [0.1, 0.15) is 22.1 Å². The fourth-order valence-corrected chi connectivity index (χ4v) is 3.77. The van der Waals surface area contributed by atoms with Gasteiger partial charge in [-0.25, -0.2) is 0 Å². The van der Waals surface area contributed by atoms with Crippen LogP contribution in [0.3, 0.4) is 0 Å². The SMILES string of the molecule is O=C1c2ccccc2N[C@@H](c2cc(O)c(O)c(Cl)c2)N1c1ccc2c(c1)OCO2. The molecule has 2 aliphatic rings. The molecule has 29 heavy (non-hydrogen) atoms. The van der Waals surface area contributed by atoms with Gasteiger partial charge in [0.1, 0.15) is 6.17 Å². The number of nitrogens with one attached hydrogen (secondary N) is 1. The molecule has 1 amide bonds. The fraction of sp³-hybridized carbons (Fsp3) is 0.0952. The van der Waals surface area contributed by atoms with Crippen molar-refractivity contribution in [1.82, 2.24) is 0 Å². The Bertz CT molecular complexity index is 1130. The number of carbonyl (C=O) groups excluding carboxylic acids is 1. The molecule has 146 valence electrons. The van der Waals surface area contributed by atoms with Crippen molar-refractivity contribution in [3.8, 4) is 23.0 Å². The summed E-state index contributed by atoms with van der Waals surface area (Å²) in [5, 5.41) is 23.2. The fourth-order valence-electron chi connectivity index (χ4n) is 3.55. The van der Waals surface area contributed by atoms with Crippen LogP contribution in [-0.2, 0) is 0 Å². The standard InChI is InChI=1S/C21H15ClN2O5/c22-14-7-11(8-16(25)19(14)26)20-23-15-4-2-1-3-13(15)21(27)24(20)12-5-6-17-18(9-12)29-10-28-17/h1-9,20,23,25-26H,10H2/t20-/m1/s1. The molecule has 0 saturated carbocycles. The highest BCUT2D eigenvalue weighted by molar-refractivity contribution is 6.32. The molecule has 8 heteroatoms. The normalized spacial score (nSPS) is 17.1. The van der Waals surface area contributed by atoms with E-state index in [2.05, 4.69) is 5.32 Å². The quantitative estimate of drug-likeness (QED) is 0.547. The van der Waals surface area contributed by atoms with E-state index in [0.29, 0.717) is 34.0 Å². The van der Waals surface area contributed by atoms with Crippen LogP contribution >= 0.6 is 11.6 Å². The van der Waals surface area contributed by atoms with Gasteiger partial charge in [0.05, 0.1) is 16.3 Å². The average molecular weight is 411 g/mol. The van der Waals surface area contributed by atoms with Gasteiger partial charge in [-0.15, -0.1) is 0 Å². The van der Waals surface area contributed by atoms with Gasteiger partial charge < -0.3 is 25.0 Å². The molecular weight excluding hydrogens is 396 g/mol. The van der Waals surface area contributed by atoms with Crippen LogP contribution in [0.4, 0.5) is 11.4 Å². The van der Waals surface area contributed by atoms with E-state index in [0.717, 1.165) is 0 Å². The Kier molecular flexibility index (Phi) is 3.92. The number of carbonyl (C=O) groups is 1. The number of phenolic OH excluding ortho intramolecular Hbond substituents is 2. The van der Waals surface area contributed by atoms with E-state index in [1.807, 2.05) is 6.07 Å². The van der Waals surface area contributed by atoms with Gasteiger partial charge in [0, 0.05) is 17.3 Å². The van der Waals surface area contributed by atoms with Crippen molar-refractivity contribution in [2.75, 3.05) is 17.0 Å². The maximum Gasteiger partial charge on any atom is 0.262 e. The molecule has 1 atom stereocenters. The summed E-state index contributed by atoms with van der Waals surface area (Å²) >= 11 is 6.07. The average Bonchev–Trinajstić information content (AvgIpc) is 3.19. The molecule has 3 N–H and O–H groups in total. The monoisotopic (exact) mass is 410 g/mol. The van der Waals surface area contributed by atoms with Gasteiger partial charge in [-0.05, 0) is 36.4 Å². The number of nitrogens with zero attached hydrogens (tertiary/aromatic N) is 1. The molecule has 0 fully saturated rings. The number of amides is 1. The molecule has 3 aromatic rings. The van der Waals surface area contributed by atoms with Gasteiger partial charge in [-0.3, -0.25) is 9.69 Å². The molecule has 0 aromatic heterocycles. The van der Waals surface area contributed by atoms with E-state index < -0.39 is 11.9 Å². The van der Waals surface area contributed by atoms with Crippen molar-refractivity contribution in [2.24, 2.45) is 0 Å². The van der Waals surface area contributed by atoms with Crippen molar-refractivity contribution in [1.29, 1.82) is 0 Å². The van der Waals surface area contributed by atoms with E-state index in [4.69, 9.17) is 21.1 Å². The molecule has 7 nitrogen and oxygen atoms in total. The van der Waals surface area contributed by atoms with Crippen LogP contribution in [0.2, 0.25) is 5.02 Å². The zero-order valence-corrected chi connectivity index (χ0v) is 15.7. The smallest absolute Gasteiger partial charge is 0.262 e. The highest BCUT2D eigenvalue weighted by Crippen LogP contribution is 2.43. The number of halogens is 1. The first-order valence-corrected chi connectivity index (χ1v) is 9.21.